The average molecular weight is 550 g/mol. The maximum absolute atomic E-state index is 14.1. The molecule has 3 aromatic carbocycles. The van der Waals surface area contributed by atoms with Gasteiger partial charge in [0.15, 0.2) is 0 Å². The molecule has 0 radical (unpaired) electrons. The summed E-state index contributed by atoms with van der Waals surface area (Å²) < 4.78 is 29.0. The van der Waals surface area contributed by atoms with Gasteiger partial charge in [-0.2, -0.15) is 0 Å². The number of amides is 2. The minimum atomic E-state index is -4.08. The molecule has 208 valence electrons. The summed E-state index contributed by atoms with van der Waals surface area (Å²) in [6.07, 6.45) is 0.931. The Kier molecular flexibility index (Phi) is 10.3. The fraction of sp³-hybridized carbons (Fsp3) is 0.355. The van der Waals surface area contributed by atoms with Crippen LogP contribution in [0.25, 0.3) is 0 Å². The first-order valence-electron chi connectivity index (χ1n) is 13.3. The number of carbonyl (C=O) groups excluding carboxylic acids is 2. The Morgan fingerprint density at radius 3 is 2.10 bits per heavy atom. The van der Waals surface area contributed by atoms with Gasteiger partial charge in [0.1, 0.15) is 12.6 Å². The molecule has 0 aliphatic rings. The van der Waals surface area contributed by atoms with Crippen LogP contribution in [0.15, 0.2) is 83.8 Å². The number of nitrogens with zero attached hydrogens (tertiary/aromatic N) is 2. The molecule has 39 heavy (non-hydrogen) atoms. The van der Waals surface area contributed by atoms with Gasteiger partial charge in [-0.15, -0.1) is 0 Å². The molecule has 0 heterocycles. The fourth-order valence-electron chi connectivity index (χ4n) is 4.50. The van der Waals surface area contributed by atoms with Gasteiger partial charge in [-0.05, 0) is 75.4 Å². The second-order valence-electron chi connectivity index (χ2n) is 10.0. The van der Waals surface area contributed by atoms with Crippen LogP contribution >= 0.6 is 0 Å². The van der Waals surface area contributed by atoms with E-state index in [1.54, 1.807) is 24.3 Å². The first-order chi connectivity index (χ1) is 18.5. The summed E-state index contributed by atoms with van der Waals surface area (Å²) in [6, 6.07) is 22.5. The van der Waals surface area contributed by atoms with E-state index < -0.39 is 28.5 Å². The van der Waals surface area contributed by atoms with Gasteiger partial charge < -0.3 is 10.2 Å². The number of sulfonamides is 1. The minimum Gasteiger partial charge on any atom is -0.352 e. The fourth-order valence-corrected chi connectivity index (χ4v) is 5.99. The van der Waals surface area contributed by atoms with Crippen molar-refractivity contribution in [3.8, 4) is 0 Å². The predicted octanol–water partition coefficient (Wildman–Crippen LogP) is 4.87. The van der Waals surface area contributed by atoms with Gasteiger partial charge in [-0.1, -0.05) is 67.6 Å². The third-order valence-electron chi connectivity index (χ3n) is 6.54. The zero-order valence-electron chi connectivity index (χ0n) is 23.4. The van der Waals surface area contributed by atoms with Crippen LogP contribution in [0.1, 0.15) is 43.9 Å². The third-order valence-corrected chi connectivity index (χ3v) is 8.32. The lowest BCUT2D eigenvalue weighted by Gasteiger charge is -2.34. The van der Waals surface area contributed by atoms with Crippen molar-refractivity contribution in [2.75, 3.05) is 17.4 Å². The van der Waals surface area contributed by atoms with E-state index in [1.165, 1.54) is 21.3 Å². The summed E-state index contributed by atoms with van der Waals surface area (Å²) in [4.78, 5) is 28.9. The van der Waals surface area contributed by atoms with E-state index in [0.717, 1.165) is 16.7 Å². The first-order valence-corrected chi connectivity index (χ1v) is 14.8. The normalized spacial score (nSPS) is 12.2. The average Bonchev–Trinajstić information content (AvgIpc) is 2.91. The highest BCUT2D eigenvalue weighted by molar-refractivity contribution is 7.92. The van der Waals surface area contributed by atoms with E-state index >= 15 is 0 Å². The van der Waals surface area contributed by atoms with Gasteiger partial charge in [-0.25, -0.2) is 8.42 Å². The zero-order chi connectivity index (χ0) is 28.6. The van der Waals surface area contributed by atoms with Crippen molar-refractivity contribution in [2.24, 2.45) is 0 Å². The second-order valence-corrected chi connectivity index (χ2v) is 11.9. The molecule has 3 rings (SSSR count). The molecule has 1 atom stereocenters. The molecule has 0 spiro atoms. The molecule has 0 aliphatic heterocycles. The van der Waals surface area contributed by atoms with E-state index in [0.29, 0.717) is 18.5 Å². The summed E-state index contributed by atoms with van der Waals surface area (Å²) in [5.74, 6) is -0.685. The van der Waals surface area contributed by atoms with Crippen LogP contribution in [0.3, 0.4) is 0 Å². The Morgan fingerprint density at radius 1 is 0.897 bits per heavy atom. The van der Waals surface area contributed by atoms with Gasteiger partial charge in [-0.3, -0.25) is 13.9 Å². The van der Waals surface area contributed by atoms with E-state index in [2.05, 4.69) is 5.32 Å². The number of benzene rings is 3. The topological polar surface area (TPSA) is 86.8 Å². The van der Waals surface area contributed by atoms with Crippen LogP contribution in [0.4, 0.5) is 5.69 Å². The van der Waals surface area contributed by atoms with Crippen molar-refractivity contribution in [3.63, 3.8) is 0 Å². The molecule has 8 heteroatoms. The highest BCUT2D eigenvalue weighted by Crippen LogP contribution is 2.28. The van der Waals surface area contributed by atoms with E-state index in [9.17, 15) is 18.0 Å². The molecule has 0 bridgehead atoms. The molecular weight excluding hydrogens is 510 g/mol. The SMILES string of the molecule is CC[C@@H](C(=O)NC(C)C)N(CCc1ccccc1)C(=O)CN(c1cc(C)ccc1C)S(=O)(=O)c1ccccc1. The smallest absolute Gasteiger partial charge is 0.264 e. The highest BCUT2D eigenvalue weighted by Gasteiger charge is 2.34. The quantitative estimate of drug-likeness (QED) is 0.349. The van der Waals surface area contributed by atoms with Crippen molar-refractivity contribution >= 4 is 27.5 Å². The van der Waals surface area contributed by atoms with Crippen molar-refractivity contribution in [1.82, 2.24) is 10.2 Å². The Labute approximate surface area is 232 Å². The molecule has 0 unspecified atom stereocenters. The highest BCUT2D eigenvalue weighted by atomic mass is 32.2. The lowest BCUT2D eigenvalue weighted by Crippen LogP contribution is -2.54. The van der Waals surface area contributed by atoms with Crippen LogP contribution in [0, 0.1) is 13.8 Å². The number of aryl methyl sites for hydroxylation is 2. The molecule has 0 saturated heterocycles. The number of rotatable bonds is 12. The van der Waals surface area contributed by atoms with Crippen LogP contribution < -0.4 is 9.62 Å². The van der Waals surface area contributed by atoms with Crippen molar-refractivity contribution in [1.29, 1.82) is 0 Å². The molecular formula is C31H39N3O4S. The molecule has 0 fully saturated rings. The molecule has 0 aromatic heterocycles. The molecule has 2 amide bonds. The Bertz CT molecular complexity index is 1360. The number of hydrogen-bond donors (Lipinski definition) is 1. The number of nitrogens with one attached hydrogen (secondary N) is 1. The summed E-state index contributed by atoms with van der Waals surface area (Å²) in [6.45, 7) is 9.15. The Hall–Kier alpha value is -3.65. The largest absolute Gasteiger partial charge is 0.352 e. The van der Waals surface area contributed by atoms with E-state index in [1.807, 2.05) is 77.1 Å². The standard InChI is InChI=1S/C31H39N3O4S/c1-6-28(31(36)32-23(2)3)33(20-19-26-13-9-7-10-14-26)30(35)22-34(29-21-24(4)17-18-25(29)5)39(37,38)27-15-11-8-12-16-27/h7-18,21,23,28H,6,19-20,22H2,1-5H3,(H,32,36)/t28-/m0/s1. The Morgan fingerprint density at radius 2 is 1.51 bits per heavy atom. The lowest BCUT2D eigenvalue weighted by atomic mass is 10.1. The van der Waals surface area contributed by atoms with Gasteiger partial charge in [0.2, 0.25) is 11.8 Å². The summed E-state index contributed by atoms with van der Waals surface area (Å²) in [5, 5.41) is 2.92. The second kappa shape index (κ2) is 13.4. The van der Waals surface area contributed by atoms with Gasteiger partial charge in [0, 0.05) is 12.6 Å². The molecule has 3 aromatic rings. The molecule has 0 saturated carbocycles. The van der Waals surface area contributed by atoms with Gasteiger partial charge >= 0.3 is 0 Å². The summed E-state index contributed by atoms with van der Waals surface area (Å²) in [7, 11) is -4.08. The predicted molar refractivity (Wildman–Crippen MR) is 156 cm³/mol. The molecule has 1 N–H and O–H groups in total. The summed E-state index contributed by atoms with van der Waals surface area (Å²) >= 11 is 0. The summed E-state index contributed by atoms with van der Waals surface area (Å²) in [5.41, 5.74) is 3.07. The number of carbonyl (C=O) groups is 2. The van der Waals surface area contributed by atoms with Crippen molar-refractivity contribution in [2.45, 2.75) is 64.4 Å². The van der Waals surface area contributed by atoms with Crippen LogP contribution in [-0.4, -0.2) is 50.3 Å². The van der Waals surface area contributed by atoms with Gasteiger partial charge in [0.25, 0.3) is 10.0 Å². The number of hydrogen-bond acceptors (Lipinski definition) is 4. The lowest BCUT2D eigenvalue weighted by molar-refractivity contribution is -0.139. The van der Waals surface area contributed by atoms with Crippen molar-refractivity contribution in [3.05, 3.63) is 95.6 Å². The monoisotopic (exact) mass is 549 g/mol. The molecule has 0 aliphatic carbocycles. The van der Waals surface area contributed by atoms with Gasteiger partial charge in [0.05, 0.1) is 10.6 Å². The zero-order valence-corrected chi connectivity index (χ0v) is 24.2. The van der Waals surface area contributed by atoms with E-state index in [-0.39, 0.29) is 23.4 Å². The maximum Gasteiger partial charge on any atom is 0.264 e. The Balaban J connectivity index is 2.04. The maximum atomic E-state index is 14.1. The van der Waals surface area contributed by atoms with Crippen LogP contribution in [0.2, 0.25) is 0 Å². The number of anilines is 1. The molecule has 7 nitrogen and oxygen atoms in total. The first kappa shape index (κ1) is 29.9. The minimum absolute atomic E-state index is 0.0949. The van der Waals surface area contributed by atoms with Crippen LogP contribution in [0.5, 0.6) is 0 Å². The van der Waals surface area contributed by atoms with Crippen LogP contribution in [-0.2, 0) is 26.0 Å². The van der Waals surface area contributed by atoms with E-state index in [4.69, 9.17) is 0 Å². The third kappa shape index (κ3) is 7.69. The van der Waals surface area contributed by atoms with Crippen molar-refractivity contribution < 1.29 is 18.0 Å².